The second kappa shape index (κ2) is 5.85. The lowest BCUT2D eigenvalue weighted by atomic mass is 9.79. The smallest absolute Gasteiger partial charge is 0.408 e. The van der Waals surface area contributed by atoms with Gasteiger partial charge in [-0.05, 0) is 33.3 Å². The second-order valence-electron chi connectivity index (χ2n) is 6.95. The highest BCUT2D eigenvalue weighted by Gasteiger charge is 2.63. The van der Waals surface area contributed by atoms with Crippen molar-refractivity contribution in [2.75, 3.05) is 0 Å². The maximum absolute atomic E-state index is 12.1. The first kappa shape index (κ1) is 17.3. The van der Waals surface area contributed by atoms with Crippen LogP contribution >= 0.6 is 0 Å². The largest absolute Gasteiger partial charge is 0.479 e. The summed E-state index contributed by atoms with van der Waals surface area (Å²) >= 11 is 0. The van der Waals surface area contributed by atoms with Gasteiger partial charge in [0.25, 0.3) is 0 Å². The van der Waals surface area contributed by atoms with Crippen LogP contribution in [-0.4, -0.2) is 33.9 Å². The Morgan fingerprint density at radius 2 is 1.83 bits per heavy atom. The van der Waals surface area contributed by atoms with Gasteiger partial charge in [-0.15, -0.1) is 0 Å². The standard InChI is InChI=1S/C17H23NO5/c1-15(2)11-17(13(19)20,16(3,4)23-15)18-14(21)22-10-12-8-6-5-7-9-12/h5-9H,10-11H2,1-4H3,(H,18,21)(H,19,20). The monoisotopic (exact) mass is 321 g/mol. The Bertz CT molecular complexity index is 596. The van der Waals surface area contributed by atoms with Gasteiger partial charge in [0.2, 0.25) is 0 Å². The molecule has 1 unspecified atom stereocenters. The summed E-state index contributed by atoms with van der Waals surface area (Å²) in [5, 5.41) is 12.2. The molecule has 2 rings (SSSR count). The average molecular weight is 321 g/mol. The summed E-state index contributed by atoms with van der Waals surface area (Å²) in [6, 6.07) is 9.19. The van der Waals surface area contributed by atoms with Gasteiger partial charge in [-0.1, -0.05) is 30.3 Å². The van der Waals surface area contributed by atoms with E-state index in [4.69, 9.17) is 9.47 Å². The van der Waals surface area contributed by atoms with Crippen molar-refractivity contribution in [3.63, 3.8) is 0 Å². The molecule has 1 saturated heterocycles. The molecule has 1 aromatic rings. The van der Waals surface area contributed by atoms with Gasteiger partial charge in [0.05, 0.1) is 11.2 Å². The lowest BCUT2D eigenvalue weighted by Gasteiger charge is -2.36. The molecule has 0 saturated carbocycles. The van der Waals surface area contributed by atoms with Crippen molar-refractivity contribution >= 4 is 12.1 Å². The molecule has 1 aromatic carbocycles. The number of amides is 1. The number of hydrogen-bond donors (Lipinski definition) is 2. The number of carboxylic acids is 1. The number of hydrogen-bond acceptors (Lipinski definition) is 4. The third-order valence-electron chi connectivity index (χ3n) is 4.14. The van der Waals surface area contributed by atoms with Gasteiger partial charge in [0.15, 0.2) is 5.54 Å². The minimum absolute atomic E-state index is 0.0764. The van der Waals surface area contributed by atoms with E-state index in [9.17, 15) is 14.7 Å². The fraction of sp³-hybridized carbons (Fsp3) is 0.529. The maximum Gasteiger partial charge on any atom is 0.408 e. The molecule has 1 aliphatic rings. The number of carboxylic acid groups (broad SMARTS) is 1. The molecule has 1 heterocycles. The van der Waals surface area contributed by atoms with Crippen molar-refractivity contribution in [3.05, 3.63) is 35.9 Å². The summed E-state index contributed by atoms with van der Waals surface area (Å²) in [5.74, 6) is -1.13. The Kier molecular flexibility index (Phi) is 4.39. The molecule has 6 heteroatoms. The number of alkyl carbamates (subject to hydrolysis) is 1. The van der Waals surface area contributed by atoms with E-state index in [-0.39, 0.29) is 13.0 Å². The van der Waals surface area contributed by atoms with Crippen LogP contribution in [0.3, 0.4) is 0 Å². The number of rotatable bonds is 4. The van der Waals surface area contributed by atoms with Crippen LogP contribution in [0.2, 0.25) is 0 Å². The molecular weight excluding hydrogens is 298 g/mol. The fourth-order valence-electron chi connectivity index (χ4n) is 3.18. The average Bonchev–Trinajstić information content (AvgIpc) is 2.62. The lowest BCUT2D eigenvalue weighted by Crippen LogP contribution is -2.64. The van der Waals surface area contributed by atoms with E-state index < -0.39 is 28.8 Å². The molecule has 0 aliphatic carbocycles. The van der Waals surface area contributed by atoms with E-state index in [1.165, 1.54) is 0 Å². The van der Waals surface area contributed by atoms with Crippen LogP contribution in [0.25, 0.3) is 0 Å². The SMILES string of the molecule is CC1(C)CC(NC(=O)OCc2ccccc2)(C(=O)O)C(C)(C)O1. The summed E-state index contributed by atoms with van der Waals surface area (Å²) in [7, 11) is 0. The highest BCUT2D eigenvalue weighted by atomic mass is 16.6. The van der Waals surface area contributed by atoms with Crippen LogP contribution < -0.4 is 5.32 Å². The minimum atomic E-state index is -1.54. The predicted octanol–water partition coefficient (Wildman–Crippen LogP) is 2.71. The number of ether oxygens (including phenoxy) is 2. The van der Waals surface area contributed by atoms with Crippen LogP contribution in [0, 0.1) is 0 Å². The summed E-state index contributed by atoms with van der Waals surface area (Å²) in [4.78, 5) is 24.0. The fourth-order valence-corrected chi connectivity index (χ4v) is 3.18. The van der Waals surface area contributed by atoms with E-state index in [0.717, 1.165) is 5.56 Å². The molecule has 0 radical (unpaired) electrons. The van der Waals surface area contributed by atoms with Gasteiger partial charge < -0.3 is 19.9 Å². The third kappa shape index (κ3) is 3.47. The molecule has 1 aliphatic heterocycles. The zero-order valence-electron chi connectivity index (χ0n) is 13.9. The van der Waals surface area contributed by atoms with Gasteiger partial charge in [-0.25, -0.2) is 9.59 Å². The number of nitrogens with one attached hydrogen (secondary N) is 1. The van der Waals surface area contributed by atoms with Crippen molar-refractivity contribution in [1.82, 2.24) is 5.32 Å². The molecule has 126 valence electrons. The van der Waals surface area contributed by atoms with E-state index in [0.29, 0.717) is 0 Å². The molecule has 0 aromatic heterocycles. The molecule has 2 N–H and O–H groups in total. The summed E-state index contributed by atoms with van der Waals surface area (Å²) in [5.41, 5.74) is -2.43. The molecule has 1 amide bonds. The highest BCUT2D eigenvalue weighted by Crippen LogP contribution is 2.45. The Labute approximate surface area is 135 Å². The molecule has 0 bridgehead atoms. The van der Waals surface area contributed by atoms with E-state index in [1.807, 2.05) is 30.3 Å². The van der Waals surface area contributed by atoms with Gasteiger partial charge in [-0.3, -0.25) is 0 Å². The topological polar surface area (TPSA) is 84.9 Å². The predicted molar refractivity (Wildman–Crippen MR) is 84.0 cm³/mol. The van der Waals surface area contributed by atoms with Gasteiger partial charge in [0, 0.05) is 6.42 Å². The summed E-state index contributed by atoms with van der Waals surface area (Å²) in [6.07, 6.45) is -0.617. The number of carbonyl (C=O) groups excluding carboxylic acids is 1. The maximum atomic E-state index is 12.1. The van der Waals surface area contributed by atoms with Crippen LogP contribution in [0.15, 0.2) is 30.3 Å². The van der Waals surface area contributed by atoms with Crippen LogP contribution in [0.4, 0.5) is 4.79 Å². The molecule has 23 heavy (non-hydrogen) atoms. The zero-order valence-corrected chi connectivity index (χ0v) is 13.9. The first-order valence-electron chi connectivity index (χ1n) is 7.50. The third-order valence-corrected chi connectivity index (χ3v) is 4.14. The quantitative estimate of drug-likeness (QED) is 0.890. The van der Waals surface area contributed by atoms with Gasteiger partial charge in [-0.2, -0.15) is 0 Å². The van der Waals surface area contributed by atoms with Crippen molar-refractivity contribution in [1.29, 1.82) is 0 Å². The van der Waals surface area contributed by atoms with E-state index in [2.05, 4.69) is 5.32 Å². The highest BCUT2D eigenvalue weighted by molar-refractivity contribution is 5.86. The summed E-state index contributed by atoms with van der Waals surface area (Å²) in [6.45, 7) is 7.00. The molecule has 1 fully saturated rings. The van der Waals surface area contributed by atoms with E-state index >= 15 is 0 Å². The Morgan fingerprint density at radius 1 is 1.22 bits per heavy atom. The van der Waals surface area contributed by atoms with Crippen molar-refractivity contribution in [2.45, 2.75) is 57.5 Å². The normalized spacial score (nSPS) is 24.9. The number of aliphatic carboxylic acids is 1. The number of benzene rings is 1. The first-order valence-corrected chi connectivity index (χ1v) is 7.50. The molecular formula is C17H23NO5. The van der Waals surface area contributed by atoms with E-state index in [1.54, 1.807) is 27.7 Å². The Morgan fingerprint density at radius 3 is 2.30 bits per heavy atom. The minimum Gasteiger partial charge on any atom is -0.479 e. The zero-order chi connectivity index (χ0) is 17.3. The van der Waals surface area contributed by atoms with Crippen LogP contribution in [-0.2, 0) is 20.9 Å². The second-order valence-corrected chi connectivity index (χ2v) is 6.95. The summed E-state index contributed by atoms with van der Waals surface area (Å²) < 4.78 is 11.0. The molecule has 1 atom stereocenters. The first-order chi connectivity index (χ1) is 10.6. The Hall–Kier alpha value is -2.08. The van der Waals surface area contributed by atoms with Gasteiger partial charge >= 0.3 is 12.1 Å². The molecule has 6 nitrogen and oxygen atoms in total. The lowest BCUT2D eigenvalue weighted by molar-refractivity contribution is -0.153. The van der Waals surface area contributed by atoms with Crippen molar-refractivity contribution in [3.8, 4) is 0 Å². The van der Waals surface area contributed by atoms with Gasteiger partial charge in [0.1, 0.15) is 6.61 Å². The Balaban J connectivity index is 2.11. The molecule has 0 spiro atoms. The van der Waals surface area contributed by atoms with Crippen molar-refractivity contribution < 1.29 is 24.2 Å². The van der Waals surface area contributed by atoms with Crippen LogP contribution in [0.1, 0.15) is 39.7 Å². The van der Waals surface area contributed by atoms with Crippen LogP contribution in [0.5, 0.6) is 0 Å². The number of carbonyl (C=O) groups is 2. The van der Waals surface area contributed by atoms with Crippen molar-refractivity contribution in [2.24, 2.45) is 0 Å².